The van der Waals surface area contributed by atoms with Gasteiger partial charge in [0.25, 0.3) is 11.8 Å². The summed E-state index contributed by atoms with van der Waals surface area (Å²) in [6.07, 6.45) is 1.84. The van der Waals surface area contributed by atoms with Crippen molar-refractivity contribution in [1.82, 2.24) is 9.88 Å². The van der Waals surface area contributed by atoms with Crippen molar-refractivity contribution in [1.29, 1.82) is 0 Å². The molecule has 0 radical (unpaired) electrons. The number of amides is 1. The van der Waals surface area contributed by atoms with Crippen molar-refractivity contribution >= 4 is 40.3 Å². The van der Waals surface area contributed by atoms with Crippen LogP contribution in [0.4, 0.5) is 0 Å². The van der Waals surface area contributed by atoms with Crippen LogP contribution in [0, 0.1) is 6.92 Å². The van der Waals surface area contributed by atoms with Crippen LogP contribution in [0.3, 0.4) is 0 Å². The molecule has 1 fully saturated rings. The van der Waals surface area contributed by atoms with Gasteiger partial charge in [0.2, 0.25) is 0 Å². The lowest BCUT2D eigenvalue weighted by Gasteiger charge is -2.08. The van der Waals surface area contributed by atoms with E-state index in [1.54, 1.807) is 61.1 Å². The highest BCUT2D eigenvalue weighted by molar-refractivity contribution is 6.30. The molecule has 0 saturated heterocycles. The second-order valence-electron chi connectivity index (χ2n) is 7.77. The summed E-state index contributed by atoms with van der Waals surface area (Å²) < 4.78 is 12.1. The SMILES string of the molecule is COc1ccc2c(c1)c(CC(=O)OCC(=O)NC1CC1)c(C)n2C(=O)c1ccc(Cl)cc1. The van der Waals surface area contributed by atoms with E-state index < -0.39 is 5.97 Å². The van der Waals surface area contributed by atoms with E-state index in [1.807, 2.05) is 0 Å². The highest BCUT2D eigenvalue weighted by atomic mass is 35.5. The van der Waals surface area contributed by atoms with E-state index in [4.69, 9.17) is 21.1 Å². The van der Waals surface area contributed by atoms with Crippen LogP contribution in [-0.4, -0.2) is 42.1 Å². The minimum absolute atomic E-state index is 0.0763. The molecule has 0 spiro atoms. The molecule has 0 unspecified atom stereocenters. The number of hydrogen-bond donors (Lipinski definition) is 1. The number of carbonyl (C=O) groups excluding carboxylic acids is 3. The molecule has 2 aromatic carbocycles. The zero-order valence-corrected chi connectivity index (χ0v) is 18.6. The fourth-order valence-electron chi connectivity index (χ4n) is 3.63. The minimum atomic E-state index is -0.542. The lowest BCUT2D eigenvalue weighted by atomic mass is 10.1. The van der Waals surface area contributed by atoms with Crippen LogP contribution in [-0.2, 0) is 20.7 Å². The second kappa shape index (κ2) is 9.04. The molecule has 7 nitrogen and oxygen atoms in total. The van der Waals surface area contributed by atoms with Crippen LogP contribution < -0.4 is 10.1 Å². The Hall–Kier alpha value is -3.32. The average Bonchev–Trinajstić information content (AvgIpc) is 3.56. The molecular formula is C24H23ClN2O5. The number of ether oxygens (including phenoxy) is 2. The highest BCUT2D eigenvalue weighted by Gasteiger charge is 2.25. The van der Waals surface area contributed by atoms with Crippen LogP contribution >= 0.6 is 11.6 Å². The van der Waals surface area contributed by atoms with Gasteiger partial charge in [-0.1, -0.05) is 11.6 Å². The maximum atomic E-state index is 13.3. The van der Waals surface area contributed by atoms with Crippen LogP contribution in [0.5, 0.6) is 5.75 Å². The monoisotopic (exact) mass is 454 g/mol. The number of aromatic nitrogens is 1. The van der Waals surface area contributed by atoms with Gasteiger partial charge in [-0.2, -0.15) is 0 Å². The smallest absolute Gasteiger partial charge is 0.310 e. The first-order chi connectivity index (χ1) is 15.4. The molecule has 1 heterocycles. The predicted molar refractivity (Wildman–Crippen MR) is 120 cm³/mol. The third kappa shape index (κ3) is 4.62. The Morgan fingerprint density at radius 2 is 1.84 bits per heavy atom. The number of hydrogen-bond acceptors (Lipinski definition) is 5. The Bertz CT molecular complexity index is 1200. The first kappa shape index (κ1) is 21.9. The number of rotatable bonds is 7. The number of nitrogens with zero attached hydrogens (tertiary/aromatic N) is 1. The maximum absolute atomic E-state index is 13.3. The Balaban J connectivity index is 1.64. The van der Waals surface area contributed by atoms with Crippen LogP contribution in [0.25, 0.3) is 10.9 Å². The molecule has 0 bridgehead atoms. The quantitative estimate of drug-likeness (QED) is 0.550. The number of carbonyl (C=O) groups is 3. The van der Waals surface area contributed by atoms with Crippen molar-refractivity contribution in [2.75, 3.05) is 13.7 Å². The molecule has 4 rings (SSSR count). The summed E-state index contributed by atoms with van der Waals surface area (Å²) in [5.74, 6) is -0.482. The molecule has 1 aromatic heterocycles. The molecular weight excluding hydrogens is 432 g/mol. The molecule has 1 aliphatic rings. The summed E-state index contributed by atoms with van der Waals surface area (Å²) in [5, 5.41) is 4.03. The largest absolute Gasteiger partial charge is 0.497 e. The lowest BCUT2D eigenvalue weighted by Crippen LogP contribution is -2.30. The van der Waals surface area contributed by atoms with Gasteiger partial charge in [0, 0.05) is 27.7 Å². The molecule has 1 saturated carbocycles. The zero-order chi connectivity index (χ0) is 22.8. The van der Waals surface area contributed by atoms with Crippen molar-refractivity contribution in [2.24, 2.45) is 0 Å². The van der Waals surface area contributed by atoms with Crippen molar-refractivity contribution in [3.8, 4) is 5.75 Å². The van der Waals surface area contributed by atoms with E-state index >= 15 is 0 Å². The van der Waals surface area contributed by atoms with E-state index in [2.05, 4.69) is 5.32 Å². The summed E-state index contributed by atoms with van der Waals surface area (Å²) in [4.78, 5) is 37.6. The Morgan fingerprint density at radius 3 is 2.50 bits per heavy atom. The normalized spacial score (nSPS) is 13.1. The van der Waals surface area contributed by atoms with Crippen LogP contribution in [0.15, 0.2) is 42.5 Å². The molecule has 1 amide bonds. The minimum Gasteiger partial charge on any atom is -0.497 e. The number of halogens is 1. The average molecular weight is 455 g/mol. The second-order valence-corrected chi connectivity index (χ2v) is 8.21. The summed E-state index contributed by atoms with van der Waals surface area (Å²) in [7, 11) is 1.55. The first-order valence-electron chi connectivity index (χ1n) is 10.3. The topological polar surface area (TPSA) is 86.6 Å². The van der Waals surface area contributed by atoms with Gasteiger partial charge in [0.1, 0.15) is 5.75 Å². The highest BCUT2D eigenvalue weighted by Crippen LogP contribution is 2.31. The molecule has 1 aliphatic carbocycles. The summed E-state index contributed by atoms with van der Waals surface area (Å²) in [5.41, 5.74) is 2.38. The number of nitrogens with one attached hydrogen (secondary N) is 1. The standard InChI is InChI=1S/C24H23ClN2O5/c1-14-19(12-23(29)32-13-22(28)26-17-7-8-17)20-11-18(31-2)9-10-21(20)27(14)24(30)15-3-5-16(25)6-4-15/h3-6,9-11,17H,7-8,12-13H2,1-2H3,(H,26,28). The van der Waals surface area contributed by atoms with Crippen molar-refractivity contribution in [3.05, 3.63) is 64.3 Å². The number of esters is 1. The summed E-state index contributed by atoms with van der Waals surface area (Å²) >= 11 is 5.95. The fraction of sp³-hybridized carbons (Fsp3) is 0.292. The van der Waals surface area contributed by atoms with Crippen molar-refractivity contribution < 1.29 is 23.9 Å². The molecule has 32 heavy (non-hydrogen) atoms. The number of methoxy groups -OCH3 is 1. The number of benzene rings is 2. The third-order valence-electron chi connectivity index (χ3n) is 5.46. The Kier molecular flexibility index (Phi) is 6.19. The summed E-state index contributed by atoms with van der Waals surface area (Å²) in [6.45, 7) is 1.46. The molecule has 0 atom stereocenters. The fourth-order valence-corrected chi connectivity index (χ4v) is 3.76. The van der Waals surface area contributed by atoms with E-state index in [1.165, 1.54) is 0 Å². The third-order valence-corrected chi connectivity index (χ3v) is 5.72. The molecule has 166 valence electrons. The molecule has 8 heteroatoms. The van der Waals surface area contributed by atoms with Gasteiger partial charge in [0.15, 0.2) is 6.61 Å². The Labute approximate surface area is 190 Å². The zero-order valence-electron chi connectivity index (χ0n) is 17.8. The molecule has 1 N–H and O–H groups in total. The van der Waals surface area contributed by atoms with Gasteiger partial charge in [-0.25, -0.2) is 0 Å². The molecule has 3 aromatic rings. The van der Waals surface area contributed by atoms with E-state index in [-0.39, 0.29) is 30.9 Å². The maximum Gasteiger partial charge on any atom is 0.310 e. The van der Waals surface area contributed by atoms with Crippen molar-refractivity contribution in [2.45, 2.75) is 32.2 Å². The predicted octanol–water partition coefficient (Wildman–Crippen LogP) is 3.66. The van der Waals surface area contributed by atoms with E-state index in [0.717, 1.165) is 12.8 Å². The van der Waals surface area contributed by atoms with Gasteiger partial charge in [-0.15, -0.1) is 0 Å². The van der Waals surface area contributed by atoms with Crippen LogP contribution in [0.1, 0.15) is 34.5 Å². The van der Waals surface area contributed by atoms with Crippen molar-refractivity contribution in [3.63, 3.8) is 0 Å². The van der Waals surface area contributed by atoms with Gasteiger partial charge in [-0.05, 0) is 67.8 Å². The van der Waals surface area contributed by atoms with E-state index in [9.17, 15) is 14.4 Å². The van der Waals surface area contributed by atoms with Crippen LogP contribution in [0.2, 0.25) is 5.02 Å². The first-order valence-corrected chi connectivity index (χ1v) is 10.7. The molecule has 0 aliphatic heterocycles. The van der Waals surface area contributed by atoms with Gasteiger partial charge in [-0.3, -0.25) is 19.0 Å². The summed E-state index contributed by atoms with van der Waals surface area (Å²) in [6, 6.07) is 12.2. The lowest BCUT2D eigenvalue weighted by molar-refractivity contribution is -0.147. The van der Waals surface area contributed by atoms with Gasteiger partial charge >= 0.3 is 5.97 Å². The number of fused-ring (bicyclic) bond motifs is 1. The van der Waals surface area contributed by atoms with Gasteiger partial charge < -0.3 is 14.8 Å². The van der Waals surface area contributed by atoms with Gasteiger partial charge in [0.05, 0.1) is 19.0 Å². The Morgan fingerprint density at radius 1 is 1.12 bits per heavy atom. The van der Waals surface area contributed by atoms with E-state index in [0.29, 0.717) is 38.5 Å².